The van der Waals surface area contributed by atoms with Crippen molar-refractivity contribution < 1.29 is 9.53 Å². The first kappa shape index (κ1) is 11.8. The van der Waals surface area contributed by atoms with Crippen LogP contribution in [0.15, 0.2) is 30.8 Å². The molecule has 0 N–H and O–H groups in total. The van der Waals surface area contributed by atoms with E-state index in [9.17, 15) is 4.79 Å². The molecule has 0 aliphatic rings. The van der Waals surface area contributed by atoms with Crippen LogP contribution in [0.1, 0.15) is 24.2 Å². The molecule has 0 heterocycles. The van der Waals surface area contributed by atoms with Crippen molar-refractivity contribution in [2.45, 2.75) is 13.0 Å². The molecule has 0 spiro atoms. The maximum atomic E-state index is 10.9. The monoisotopic (exact) mass is 224 g/mol. The highest BCUT2D eigenvalue weighted by Crippen LogP contribution is 2.23. The average molecular weight is 225 g/mol. The number of carbonyl (C=O) groups is 1. The molecular formula is C12H13ClO2. The van der Waals surface area contributed by atoms with Crippen molar-refractivity contribution in [3.8, 4) is 0 Å². The predicted molar refractivity (Wildman–Crippen MR) is 61.8 cm³/mol. The highest BCUT2D eigenvalue weighted by Gasteiger charge is 2.15. The van der Waals surface area contributed by atoms with E-state index >= 15 is 0 Å². The summed E-state index contributed by atoms with van der Waals surface area (Å²) in [6.45, 7) is 5.07. The predicted octanol–water partition coefficient (Wildman–Crippen LogP) is 3.17. The van der Waals surface area contributed by atoms with Crippen LogP contribution in [0.2, 0.25) is 0 Å². The van der Waals surface area contributed by atoms with E-state index in [1.165, 1.54) is 6.92 Å². The lowest BCUT2D eigenvalue weighted by molar-refractivity contribution is -0.145. The number of ether oxygens (including phenoxy) is 1. The van der Waals surface area contributed by atoms with Crippen LogP contribution in [0.4, 0.5) is 0 Å². The largest absolute Gasteiger partial charge is 0.456 e. The molecule has 0 aliphatic carbocycles. The summed E-state index contributed by atoms with van der Waals surface area (Å²) in [6, 6.07) is 7.57. The minimum atomic E-state index is -0.404. The zero-order valence-electron chi connectivity index (χ0n) is 8.57. The molecule has 0 saturated carbocycles. The quantitative estimate of drug-likeness (QED) is 0.580. The number of carbonyl (C=O) groups excluding carboxylic acids is 1. The SMILES string of the molecule is C=Cc1ccccc1C(CCl)OC(C)=O. The van der Waals surface area contributed by atoms with E-state index in [1.807, 2.05) is 24.3 Å². The van der Waals surface area contributed by atoms with Gasteiger partial charge >= 0.3 is 5.97 Å². The molecule has 0 aromatic heterocycles. The number of halogens is 1. The van der Waals surface area contributed by atoms with E-state index in [1.54, 1.807) is 6.08 Å². The second-order valence-electron chi connectivity index (χ2n) is 3.09. The summed E-state index contributed by atoms with van der Waals surface area (Å²) in [6.07, 6.45) is 1.32. The summed E-state index contributed by atoms with van der Waals surface area (Å²) in [5, 5.41) is 0. The zero-order chi connectivity index (χ0) is 11.3. The van der Waals surface area contributed by atoms with Crippen LogP contribution >= 0.6 is 11.6 Å². The van der Waals surface area contributed by atoms with Crippen LogP contribution in [0.5, 0.6) is 0 Å². The molecule has 0 aliphatic heterocycles. The van der Waals surface area contributed by atoms with E-state index in [4.69, 9.17) is 16.3 Å². The van der Waals surface area contributed by atoms with Gasteiger partial charge in [-0.2, -0.15) is 0 Å². The number of hydrogen-bond acceptors (Lipinski definition) is 2. The van der Waals surface area contributed by atoms with Crippen molar-refractivity contribution >= 4 is 23.6 Å². The second kappa shape index (κ2) is 5.56. The van der Waals surface area contributed by atoms with Crippen LogP contribution in [0.3, 0.4) is 0 Å². The molecule has 2 nitrogen and oxygen atoms in total. The van der Waals surface area contributed by atoms with Gasteiger partial charge in [-0.05, 0) is 5.56 Å². The minimum Gasteiger partial charge on any atom is -0.456 e. The number of hydrogen-bond donors (Lipinski definition) is 0. The molecule has 1 aromatic carbocycles. The second-order valence-corrected chi connectivity index (χ2v) is 3.39. The molecule has 0 radical (unpaired) electrons. The number of esters is 1. The van der Waals surface area contributed by atoms with Crippen molar-refractivity contribution in [2.24, 2.45) is 0 Å². The van der Waals surface area contributed by atoms with Gasteiger partial charge in [0.05, 0.1) is 5.88 Å². The van der Waals surface area contributed by atoms with Gasteiger partial charge in [-0.25, -0.2) is 0 Å². The molecule has 0 amide bonds. The first-order valence-electron chi connectivity index (χ1n) is 4.63. The fourth-order valence-electron chi connectivity index (χ4n) is 1.37. The third-order valence-electron chi connectivity index (χ3n) is 2.01. The lowest BCUT2D eigenvalue weighted by atomic mass is 10.0. The molecule has 80 valence electrons. The van der Waals surface area contributed by atoms with Gasteiger partial charge in [0.15, 0.2) is 0 Å². The van der Waals surface area contributed by atoms with Crippen LogP contribution < -0.4 is 0 Å². The summed E-state index contributed by atoms with van der Waals surface area (Å²) in [4.78, 5) is 10.9. The Morgan fingerprint density at radius 1 is 1.60 bits per heavy atom. The molecule has 1 aromatic rings. The van der Waals surface area contributed by atoms with Crippen LogP contribution in [-0.4, -0.2) is 11.8 Å². The summed E-state index contributed by atoms with van der Waals surface area (Å²) in [5.74, 6) is -0.0933. The summed E-state index contributed by atoms with van der Waals surface area (Å²) in [5.41, 5.74) is 1.82. The molecule has 15 heavy (non-hydrogen) atoms. The third kappa shape index (κ3) is 3.10. The van der Waals surface area contributed by atoms with Gasteiger partial charge < -0.3 is 4.74 Å². The normalized spacial score (nSPS) is 11.9. The Hall–Kier alpha value is -1.28. The lowest BCUT2D eigenvalue weighted by Gasteiger charge is -2.16. The van der Waals surface area contributed by atoms with Crippen LogP contribution in [0.25, 0.3) is 6.08 Å². The maximum Gasteiger partial charge on any atom is 0.303 e. The van der Waals surface area contributed by atoms with Gasteiger partial charge in [-0.3, -0.25) is 4.79 Å². The Kier molecular flexibility index (Phi) is 4.37. The number of alkyl halides is 1. The molecule has 1 atom stereocenters. The van der Waals surface area contributed by atoms with E-state index in [0.29, 0.717) is 0 Å². The van der Waals surface area contributed by atoms with Crippen molar-refractivity contribution in [3.63, 3.8) is 0 Å². The van der Waals surface area contributed by atoms with Gasteiger partial charge in [-0.1, -0.05) is 36.9 Å². The van der Waals surface area contributed by atoms with Gasteiger partial charge in [0.1, 0.15) is 6.10 Å². The van der Waals surface area contributed by atoms with E-state index in [0.717, 1.165) is 11.1 Å². The van der Waals surface area contributed by atoms with Gasteiger partial charge in [0, 0.05) is 12.5 Å². The standard InChI is InChI=1S/C12H13ClO2/c1-3-10-6-4-5-7-11(10)12(8-13)15-9(2)14/h3-7,12H,1,8H2,2H3. The van der Waals surface area contributed by atoms with E-state index in [-0.39, 0.29) is 11.8 Å². The molecule has 0 bridgehead atoms. The highest BCUT2D eigenvalue weighted by atomic mass is 35.5. The fourth-order valence-corrected chi connectivity index (χ4v) is 1.60. The third-order valence-corrected chi connectivity index (χ3v) is 2.29. The van der Waals surface area contributed by atoms with Gasteiger partial charge in [0.2, 0.25) is 0 Å². The first-order chi connectivity index (χ1) is 7.19. The average Bonchev–Trinajstić information content (AvgIpc) is 2.25. The Balaban J connectivity index is 3.00. The van der Waals surface area contributed by atoms with E-state index < -0.39 is 6.10 Å². The molecule has 0 fully saturated rings. The fraction of sp³-hybridized carbons (Fsp3) is 0.250. The molecule has 3 heteroatoms. The van der Waals surface area contributed by atoms with Crippen LogP contribution in [-0.2, 0) is 9.53 Å². The van der Waals surface area contributed by atoms with Crippen molar-refractivity contribution in [2.75, 3.05) is 5.88 Å². The molecular weight excluding hydrogens is 212 g/mol. The Morgan fingerprint density at radius 2 is 2.27 bits per heavy atom. The minimum absolute atomic E-state index is 0.241. The van der Waals surface area contributed by atoms with Crippen molar-refractivity contribution in [1.82, 2.24) is 0 Å². The number of rotatable bonds is 4. The lowest BCUT2D eigenvalue weighted by Crippen LogP contribution is -2.11. The van der Waals surface area contributed by atoms with Gasteiger partial charge in [-0.15, -0.1) is 11.6 Å². The van der Waals surface area contributed by atoms with Crippen LogP contribution in [0, 0.1) is 0 Å². The van der Waals surface area contributed by atoms with Crippen molar-refractivity contribution in [3.05, 3.63) is 42.0 Å². The smallest absolute Gasteiger partial charge is 0.303 e. The summed E-state index contributed by atoms with van der Waals surface area (Å²) < 4.78 is 5.11. The Labute approximate surface area is 94.5 Å². The molecule has 0 saturated heterocycles. The van der Waals surface area contributed by atoms with Crippen molar-refractivity contribution in [1.29, 1.82) is 0 Å². The molecule has 1 rings (SSSR count). The van der Waals surface area contributed by atoms with Gasteiger partial charge in [0.25, 0.3) is 0 Å². The Morgan fingerprint density at radius 3 is 2.80 bits per heavy atom. The van der Waals surface area contributed by atoms with E-state index in [2.05, 4.69) is 6.58 Å². The zero-order valence-corrected chi connectivity index (χ0v) is 9.33. The highest BCUT2D eigenvalue weighted by molar-refractivity contribution is 6.18. The molecule has 1 unspecified atom stereocenters. The number of benzene rings is 1. The topological polar surface area (TPSA) is 26.3 Å². The first-order valence-corrected chi connectivity index (χ1v) is 5.17. The maximum absolute atomic E-state index is 10.9. The Bertz CT molecular complexity index is 360. The summed E-state index contributed by atoms with van der Waals surface area (Å²) >= 11 is 5.76. The summed E-state index contributed by atoms with van der Waals surface area (Å²) in [7, 11) is 0.